The van der Waals surface area contributed by atoms with Crippen molar-refractivity contribution < 1.29 is 9.18 Å². The number of likely N-dealkylation sites (tertiary alicyclic amines) is 1. The number of hydrogen-bond acceptors (Lipinski definition) is 2. The molecule has 1 aliphatic rings. The number of carbonyl (C=O) groups is 1. The van der Waals surface area contributed by atoms with E-state index in [0.29, 0.717) is 28.8 Å². The number of nitrogens with one attached hydrogen (secondary N) is 1. The number of benzene rings is 1. The Bertz CT molecular complexity index is 435. The molecule has 1 fully saturated rings. The maximum absolute atomic E-state index is 12.5. The zero-order valence-corrected chi connectivity index (χ0v) is 10.4. The van der Waals surface area contributed by atoms with E-state index >= 15 is 0 Å². The van der Waals surface area contributed by atoms with Crippen molar-refractivity contribution in [2.75, 3.05) is 25.0 Å². The molecule has 0 unspecified atom stereocenters. The molecule has 1 aromatic rings. The van der Waals surface area contributed by atoms with Crippen molar-refractivity contribution in [2.45, 2.75) is 6.17 Å². The molecule has 1 aromatic carbocycles. The average molecular weight is 277 g/mol. The van der Waals surface area contributed by atoms with Gasteiger partial charge in [-0.05, 0) is 12.1 Å². The van der Waals surface area contributed by atoms with Crippen LogP contribution in [0.25, 0.3) is 0 Å². The SMILES string of the molecule is O=C(CN1CC(F)C1)Nc1cccc(Cl)c1Cl. The quantitative estimate of drug-likeness (QED) is 0.921. The molecule has 0 aromatic heterocycles. The molecule has 1 saturated heterocycles. The molecule has 1 heterocycles. The molecule has 17 heavy (non-hydrogen) atoms. The van der Waals surface area contributed by atoms with Crippen LogP contribution in [0.2, 0.25) is 10.0 Å². The van der Waals surface area contributed by atoms with E-state index in [1.165, 1.54) is 0 Å². The third-order valence-electron chi connectivity index (χ3n) is 2.51. The van der Waals surface area contributed by atoms with Gasteiger partial charge in [-0.25, -0.2) is 4.39 Å². The number of rotatable bonds is 3. The third kappa shape index (κ3) is 3.09. The van der Waals surface area contributed by atoms with Gasteiger partial charge in [0.1, 0.15) is 6.17 Å². The van der Waals surface area contributed by atoms with Crippen LogP contribution in [0.4, 0.5) is 10.1 Å². The van der Waals surface area contributed by atoms with Gasteiger partial charge in [-0.1, -0.05) is 29.3 Å². The molecule has 1 amide bonds. The van der Waals surface area contributed by atoms with Crippen LogP contribution in [0.5, 0.6) is 0 Å². The molecule has 3 nitrogen and oxygen atoms in total. The number of amides is 1. The monoisotopic (exact) mass is 276 g/mol. The number of carbonyl (C=O) groups excluding carboxylic acids is 1. The normalized spacial score (nSPS) is 16.6. The van der Waals surface area contributed by atoms with Crippen molar-refractivity contribution in [3.63, 3.8) is 0 Å². The Kier molecular flexibility index (Phi) is 3.86. The highest BCUT2D eigenvalue weighted by Gasteiger charge is 2.27. The average Bonchev–Trinajstić information content (AvgIpc) is 2.23. The summed E-state index contributed by atoms with van der Waals surface area (Å²) in [5.41, 5.74) is 0.474. The first-order valence-corrected chi connectivity index (χ1v) is 5.92. The minimum atomic E-state index is -0.808. The fourth-order valence-corrected chi connectivity index (χ4v) is 1.98. The zero-order valence-electron chi connectivity index (χ0n) is 8.92. The second-order valence-electron chi connectivity index (χ2n) is 3.94. The number of alkyl halides is 1. The van der Waals surface area contributed by atoms with Crippen molar-refractivity contribution >= 4 is 34.8 Å². The lowest BCUT2D eigenvalue weighted by molar-refractivity contribution is -0.119. The van der Waals surface area contributed by atoms with Gasteiger partial charge < -0.3 is 5.32 Å². The number of anilines is 1. The summed E-state index contributed by atoms with van der Waals surface area (Å²) in [5, 5.41) is 3.35. The molecule has 0 bridgehead atoms. The Labute approximate surface area is 108 Å². The van der Waals surface area contributed by atoms with E-state index in [4.69, 9.17) is 23.2 Å². The maximum atomic E-state index is 12.5. The van der Waals surface area contributed by atoms with Crippen LogP contribution in [0.1, 0.15) is 0 Å². The molecule has 1 N–H and O–H groups in total. The lowest BCUT2D eigenvalue weighted by Crippen LogP contribution is -2.51. The Balaban J connectivity index is 1.92. The molecule has 0 spiro atoms. The predicted octanol–water partition coefficient (Wildman–Crippen LogP) is 2.59. The van der Waals surface area contributed by atoms with E-state index in [9.17, 15) is 9.18 Å². The molecule has 1 aliphatic heterocycles. The van der Waals surface area contributed by atoms with Crippen LogP contribution in [0.3, 0.4) is 0 Å². The molecular formula is C11H11Cl2FN2O. The van der Waals surface area contributed by atoms with E-state index in [-0.39, 0.29) is 12.5 Å². The van der Waals surface area contributed by atoms with E-state index in [0.717, 1.165) is 0 Å². The first-order valence-electron chi connectivity index (χ1n) is 5.16. The highest BCUT2D eigenvalue weighted by Crippen LogP contribution is 2.29. The summed E-state index contributed by atoms with van der Waals surface area (Å²) in [7, 11) is 0. The van der Waals surface area contributed by atoms with Gasteiger partial charge in [0.2, 0.25) is 5.91 Å². The summed E-state index contributed by atoms with van der Waals surface area (Å²) < 4.78 is 12.5. The summed E-state index contributed by atoms with van der Waals surface area (Å²) in [5.74, 6) is -0.221. The zero-order chi connectivity index (χ0) is 12.4. The second-order valence-corrected chi connectivity index (χ2v) is 4.73. The van der Waals surface area contributed by atoms with E-state index in [1.807, 2.05) is 0 Å². The summed E-state index contributed by atoms with van der Waals surface area (Å²) >= 11 is 11.7. The molecule has 0 atom stereocenters. The summed E-state index contributed by atoms with van der Waals surface area (Å²) in [6, 6.07) is 5.01. The molecule has 92 valence electrons. The molecule has 0 radical (unpaired) electrons. The Hall–Kier alpha value is -0.840. The van der Waals surface area contributed by atoms with Gasteiger partial charge in [-0.2, -0.15) is 0 Å². The van der Waals surface area contributed by atoms with Crippen LogP contribution in [0.15, 0.2) is 18.2 Å². The van der Waals surface area contributed by atoms with Crippen molar-refractivity contribution in [1.29, 1.82) is 0 Å². The predicted molar refractivity (Wildman–Crippen MR) is 66.4 cm³/mol. The number of halogens is 3. The van der Waals surface area contributed by atoms with E-state index < -0.39 is 6.17 Å². The third-order valence-corrected chi connectivity index (χ3v) is 3.32. The smallest absolute Gasteiger partial charge is 0.238 e. The standard InChI is InChI=1S/C11H11Cl2FN2O/c12-8-2-1-3-9(11(8)13)15-10(17)6-16-4-7(14)5-16/h1-3,7H,4-6H2,(H,15,17). The van der Waals surface area contributed by atoms with Crippen LogP contribution < -0.4 is 5.32 Å². The Morgan fingerprint density at radius 2 is 2.18 bits per heavy atom. The molecule has 0 saturated carbocycles. The van der Waals surface area contributed by atoms with Crippen LogP contribution >= 0.6 is 23.2 Å². The van der Waals surface area contributed by atoms with Gasteiger partial charge >= 0.3 is 0 Å². The van der Waals surface area contributed by atoms with Crippen LogP contribution in [0, 0.1) is 0 Å². The van der Waals surface area contributed by atoms with Gasteiger partial charge in [0, 0.05) is 13.1 Å². The fourth-order valence-electron chi connectivity index (χ4n) is 1.63. The minimum absolute atomic E-state index is 0.170. The van der Waals surface area contributed by atoms with Crippen molar-refractivity contribution in [3.05, 3.63) is 28.2 Å². The fraction of sp³-hybridized carbons (Fsp3) is 0.364. The lowest BCUT2D eigenvalue weighted by Gasteiger charge is -2.33. The van der Waals surface area contributed by atoms with E-state index in [1.54, 1.807) is 23.1 Å². The Morgan fingerprint density at radius 1 is 1.47 bits per heavy atom. The summed E-state index contributed by atoms with van der Waals surface area (Å²) in [6.45, 7) is 0.802. The maximum Gasteiger partial charge on any atom is 0.238 e. The van der Waals surface area contributed by atoms with Crippen molar-refractivity contribution in [1.82, 2.24) is 4.90 Å². The molecular weight excluding hydrogens is 266 g/mol. The number of nitrogens with zero attached hydrogens (tertiary/aromatic N) is 1. The summed E-state index contributed by atoms with van der Waals surface area (Å²) in [6.07, 6.45) is -0.808. The Morgan fingerprint density at radius 3 is 2.82 bits per heavy atom. The summed E-state index contributed by atoms with van der Waals surface area (Å²) in [4.78, 5) is 13.3. The van der Waals surface area contributed by atoms with Gasteiger partial charge in [0.15, 0.2) is 0 Å². The van der Waals surface area contributed by atoms with Gasteiger partial charge in [-0.15, -0.1) is 0 Å². The van der Waals surface area contributed by atoms with Crippen molar-refractivity contribution in [2.24, 2.45) is 0 Å². The topological polar surface area (TPSA) is 32.3 Å². The van der Waals surface area contributed by atoms with Crippen molar-refractivity contribution in [3.8, 4) is 0 Å². The van der Waals surface area contributed by atoms with E-state index in [2.05, 4.69) is 5.32 Å². The highest BCUT2D eigenvalue weighted by atomic mass is 35.5. The molecule has 6 heteroatoms. The lowest BCUT2D eigenvalue weighted by atomic mass is 10.2. The largest absolute Gasteiger partial charge is 0.324 e. The van der Waals surface area contributed by atoms with Gasteiger partial charge in [0.05, 0.1) is 22.3 Å². The first kappa shape index (κ1) is 12.6. The minimum Gasteiger partial charge on any atom is -0.324 e. The van der Waals surface area contributed by atoms with Gasteiger partial charge in [-0.3, -0.25) is 9.69 Å². The second kappa shape index (κ2) is 5.21. The first-order chi connectivity index (χ1) is 8.06. The number of hydrogen-bond donors (Lipinski definition) is 1. The van der Waals surface area contributed by atoms with Crippen LogP contribution in [-0.2, 0) is 4.79 Å². The molecule has 2 rings (SSSR count). The van der Waals surface area contributed by atoms with Crippen LogP contribution in [-0.4, -0.2) is 36.6 Å². The van der Waals surface area contributed by atoms with Gasteiger partial charge in [0.25, 0.3) is 0 Å². The highest BCUT2D eigenvalue weighted by molar-refractivity contribution is 6.43. The molecule has 0 aliphatic carbocycles.